The molecule has 6 aliphatic rings. The molecule has 74 heavy (non-hydrogen) atoms. The highest BCUT2D eigenvalue weighted by molar-refractivity contribution is 6.01. The molecule has 2 saturated heterocycles. The third-order valence-electron chi connectivity index (χ3n) is 19.1. The summed E-state index contributed by atoms with van der Waals surface area (Å²) in [5, 5.41) is 71.6. The average molecular weight is 1050 g/mol. The first-order chi connectivity index (χ1) is 34.3. The maximum Gasteiger partial charge on any atom is 0.338 e. The van der Waals surface area contributed by atoms with Gasteiger partial charge in [0.1, 0.15) is 24.0 Å². The van der Waals surface area contributed by atoms with Gasteiger partial charge in [0, 0.05) is 41.7 Å². The number of esters is 3. The molecule has 0 aromatic heterocycles. The van der Waals surface area contributed by atoms with Crippen LogP contribution in [0.5, 0.6) is 0 Å². The van der Waals surface area contributed by atoms with Crippen LogP contribution in [0.4, 0.5) is 4.39 Å². The monoisotopic (exact) mass is 1050 g/mol. The fraction of sp³-hybridized carbons (Fsp3) is 0.857. The summed E-state index contributed by atoms with van der Waals surface area (Å²) in [5.74, 6) is -6.46. The summed E-state index contributed by atoms with van der Waals surface area (Å²) in [7, 11) is 5.49. The molecule has 2 heterocycles. The number of aliphatic hydroxyl groups excluding tert-OH is 3. The van der Waals surface area contributed by atoms with Gasteiger partial charge in [0.05, 0.1) is 48.6 Å². The van der Waals surface area contributed by atoms with Crippen molar-refractivity contribution < 1.29 is 77.9 Å². The SMILES string of the molecule is CC[C@H]1OC(=O)[C@H](C)[C@@H](O)[C@H](C)[C@@H](OC2OC(C)C[C@@H](N(C)C)[C@H]2OC(=O)CCCCOC(=O)[C@@]2(O)[C@H](C)CC3C4C[C@H](F)C5=CC(=O)C=C[C@]5(C)C4[C@@H](O)C[C@@]32C)[C@](C)(O)C[C@@H](C)CN(C)[C@H](C)[C@@H](O)[C@]1(C)O. The molecule has 0 bridgehead atoms. The Hall–Kier alpha value is -2.91. The maximum atomic E-state index is 15.9. The Bertz CT molecular complexity index is 2090. The van der Waals surface area contributed by atoms with Gasteiger partial charge in [-0.15, -0.1) is 0 Å². The summed E-state index contributed by atoms with van der Waals surface area (Å²) in [6.45, 7) is 19.2. The second-order valence-corrected chi connectivity index (χ2v) is 24.9. The highest BCUT2D eigenvalue weighted by Gasteiger charge is 2.72. The predicted octanol–water partition coefficient (Wildman–Crippen LogP) is 4.44. The lowest BCUT2D eigenvalue weighted by molar-refractivity contribution is -0.301. The summed E-state index contributed by atoms with van der Waals surface area (Å²) in [4.78, 5) is 57.7. The topological polar surface area (TPSA) is 242 Å². The van der Waals surface area contributed by atoms with Crippen molar-refractivity contribution in [2.24, 2.45) is 52.3 Å². The van der Waals surface area contributed by atoms with Crippen LogP contribution in [0.2, 0.25) is 0 Å². The van der Waals surface area contributed by atoms with Gasteiger partial charge in [-0.05, 0) is 149 Å². The summed E-state index contributed by atoms with van der Waals surface area (Å²) >= 11 is 0. The van der Waals surface area contributed by atoms with Crippen LogP contribution in [-0.2, 0) is 42.9 Å². The molecule has 17 nitrogen and oxygen atoms in total. The normalized spacial score (nSPS) is 47.6. The molecule has 0 radical (unpaired) electrons. The van der Waals surface area contributed by atoms with Gasteiger partial charge in [-0.1, -0.05) is 47.6 Å². The minimum Gasteiger partial charge on any atom is -0.464 e. The van der Waals surface area contributed by atoms with E-state index in [9.17, 15) is 49.8 Å². The van der Waals surface area contributed by atoms with E-state index in [-0.39, 0.29) is 81.2 Å². The average Bonchev–Trinajstić information content (AvgIpc) is 3.52. The lowest BCUT2D eigenvalue weighted by atomic mass is 9.46. The number of hydrogen-bond donors (Lipinski definition) is 6. The van der Waals surface area contributed by atoms with Gasteiger partial charge in [-0.25, -0.2) is 9.18 Å². The predicted molar refractivity (Wildman–Crippen MR) is 271 cm³/mol. The molecule has 0 aromatic carbocycles. The van der Waals surface area contributed by atoms with Crippen molar-refractivity contribution in [3.05, 3.63) is 23.8 Å². The van der Waals surface area contributed by atoms with Crippen LogP contribution in [-0.4, -0.2) is 183 Å². The maximum absolute atomic E-state index is 15.9. The Labute approximate surface area is 438 Å². The number of halogens is 1. The number of likely N-dealkylation sites (N-methyl/N-ethyl adjacent to an activating group) is 2. The van der Waals surface area contributed by atoms with Crippen molar-refractivity contribution in [1.82, 2.24) is 9.80 Å². The first-order valence-electron chi connectivity index (χ1n) is 27.3. The minimum atomic E-state index is -1.97. The van der Waals surface area contributed by atoms with Crippen LogP contribution >= 0.6 is 0 Å². The summed E-state index contributed by atoms with van der Waals surface area (Å²) in [5.41, 5.74) is -7.12. The number of hydrogen-bond acceptors (Lipinski definition) is 17. The number of alkyl halides is 1. The standard InChI is InChI=1S/C56H91FN2O15/c1-15-42-55(11,68)47(64)34(7)59(14)28-29(2)26-54(10,67)48(32(5)45(63)33(6)49(65)72-42)74-50-46(40(58(12)13)23-31(4)71-50)73-43(62)18-16-17-21-70-51(66)56(69)30(3)22-37-36-25-39(57)38-24-35(60)19-20-52(38,8)44(36)41(61)27-53(37,56)9/h19-20,24,29-34,36-37,39-42,44-48,50,61,63-64,67-69H,15-18,21-23,25-28H2,1-14H3/t29-,30-,31?,32+,33-,34-,36?,37?,39+,40-,41+,42-,44?,45+,46-,47-,48-,50?,52+,53+,54-,55-,56+/m1/s1. The number of unbranched alkanes of at least 4 members (excludes halogenated alkanes) is 1. The molecule has 18 heteroatoms. The van der Waals surface area contributed by atoms with Crippen LogP contribution in [0.15, 0.2) is 23.8 Å². The number of nitrogens with zero attached hydrogens (tertiary/aromatic N) is 2. The Morgan fingerprint density at radius 3 is 2.24 bits per heavy atom. The van der Waals surface area contributed by atoms with E-state index in [1.165, 1.54) is 26.0 Å². The second kappa shape index (κ2) is 22.8. The highest BCUT2D eigenvalue weighted by Crippen LogP contribution is 2.68. The molecule has 0 amide bonds. The van der Waals surface area contributed by atoms with Crippen molar-refractivity contribution in [3.8, 4) is 0 Å². The minimum absolute atomic E-state index is 0.0726. The number of ether oxygens (including phenoxy) is 5. The van der Waals surface area contributed by atoms with E-state index in [0.29, 0.717) is 25.0 Å². The number of carbonyl (C=O) groups excluding carboxylic acids is 4. The van der Waals surface area contributed by atoms with Crippen LogP contribution in [0.3, 0.4) is 0 Å². The van der Waals surface area contributed by atoms with Gasteiger partial charge in [-0.3, -0.25) is 14.4 Å². The zero-order valence-electron chi connectivity index (χ0n) is 46.5. The molecule has 0 spiro atoms. The van der Waals surface area contributed by atoms with Gasteiger partial charge in [0.2, 0.25) is 0 Å². The van der Waals surface area contributed by atoms with Gasteiger partial charge >= 0.3 is 17.9 Å². The third-order valence-corrected chi connectivity index (χ3v) is 19.1. The number of allylic oxidation sites excluding steroid dienone is 4. The number of cyclic esters (lactones) is 1. The third kappa shape index (κ3) is 11.3. The van der Waals surface area contributed by atoms with Gasteiger partial charge in [0.15, 0.2) is 23.8 Å². The first-order valence-corrected chi connectivity index (χ1v) is 27.3. The fourth-order valence-electron chi connectivity index (χ4n) is 14.8. The molecule has 422 valence electrons. The van der Waals surface area contributed by atoms with Crippen molar-refractivity contribution >= 4 is 23.7 Å². The quantitative estimate of drug-likeness (QED) is 0.0952. The van der Waals surface area contributed by atoms with Gasteiger partial charge < -0.3 is 64.1 Å². The molecule has 0 aromatic rings. The van der Waals surface area contributed by atoms with Crippen LogP contribution in [0.1, 0.15) is 134 Å². The molecule has 23 atom stereocenters. The number of carbonyl (C=O) groups is 4. The van der Waals surface area contributed by atoms with E-state index < -0.39 is 130 Å². The molecule has 5 unspecified atom stereocenters. The molecule has 6 N–H and O–H groups in total. The van der Waals surface area contributed by atoms with E-state index in [4.69, 9.17) is 23.7 Å². The molecular weight excluding hydrogens is 960 g/mol. The van der Waals surface area contributed by atoms with Crippen LogP contribution in [0, 0.1) is 52.3 Å². The Morgan fingerprint density at radius 2 is 1.61 bits per heavy atom. The highest BCUT2D eigenvalue weighted by atomic mass is 19.1. The summed E-state index contributed by atoms with van der Waals surface area (Å²) < 4.78 is 47.0. The van der Waals surface area contributed by atoms with Gasteiger partial charge in [0.25, 0.3) is 0 Å². The van der Waals surface area contributed by atoms with Crippen molar-refractivity contribution in [2.75, 3.05) is 34.3 Å². The number of fused-ring (bicyclic) bond motifs is 5. The number of rotatable bonds is 11. The van der Waals surface area contributed by atoms with Crippen molar-refractivity contribution in [3.63, 3.8) is 0 Å². The molecular formula is C56H91FN2O15. The lowest BCUT2D eigenvalue weighted by Gasteiger charge is -2.59. The summed E-state index contributed by atoms with van der Waals surface area (Å²) in [6.07, 6.45) is -3.82. The Morgan fingerprint density at radius 1 is 0.946 bits per heavy atom. The van der Waals surface area contributed by atoms with Gasteiger partial charge in [-0.2, -0.15) is 0 Å². The van der Waals surface area contributed by atoms with E-state index in [1.54, 1.807) is 54.7 Å². The molecule has 2 aliphatic heterocycles. The van der Waals surface area contributed by atoms with E-state index in [2.05, 4.69) is 0 Å². The first kappa shape index (κ1) is 60.3. The van der Waals surface area contributed by atoms with Crippen LogP contribution in [0.25, 0.3) is 0 Å². The van der Waals surface area contributed by atoms with E-state index in [0.717, 1.165) is 0 Å². The summed E-state index contributed by atoms with van der Waals surface area (Å²) in [6, 6.07) is -0.996. The zero-order chi connectivity index (χ0) is 55.4. The largest absolute Gasteiger partial charge is 0.464 e. The van der Waals surface area contributed by atoms with E-state index >= 15 is 4.39 Å². The Kier molecular flexibility index (Phi) is 18.6. The second-order valence-electron chi connectivity index (χ2n) is 24.9. The lowest BCUT2D eigenvalue weighted by Crippen LogP contribution is -2.63. The molecule has 5 fully saturated rings. The smallest absolute Gasteiger partial charge is 0.338 e. The number of ketones is 1. The number of aliphatic hydroxyl groups is 6. The molecule has 6 rings (SSSR count). The zero-order valence-corrected chi connectivity index (χ0v) is 46.5. The van der Waals surface area contributed by atoms with E-state index in [1.807, 2.05) is 44.7 Å². The molecule has 3 saturated carbocycles. The molecule has 4 aliphatic carbocycles. The van der Waals surface area contributed by atoms with Crippen molar-refractivity contribution in [2.45, 2.75) is 218 Å². The Balaban J connectivity index is 1.13. The van der Waals surface area contributed by atoms with Crippen LogP contribution < -0.4 is 0 Å². The van der Waals surface area contributed by atoms with Crippen molar-refractivity contribution in [1.29, 1.82) is 0 Å². The fourth-order valence-corrected chi connectivity index (χ4v) is 14.8.